The Balaban J connectivity index is 1.71. The summed E-state index contributed by atoms with van der Waals surface area (Å²) >= 11 is 0. The third kappa shape index (κ3) is 3.56. The van der Waals surface area contributed by atoms with Crippen LogP contribution in [-0.4, -0.2) is 24.5 Å². The zero-order valence-corrected chi connectivity index (χ0v) is 13.9. The Morgan fingerprint density at radius 3 is 2.58 bits per heavy atom. The molecule has 0 saturated carbocycles. The van der Waals surface area contributed by atoms with Gasteiger partial charge in [-0.1, -0.05) is 24.3 Å². The number of carbonyl (C=O) groups excluding carboxylic acids is 2. The number of ether oxygens (including phenoxy) is 1. The number of fused-ring (bicyclic) bond motifs is 1. The summed E-state index contributed by atoms with van der Waals surface area (Å²) in [4.78, 5) is 26.2. The molecular weight excluding hydrogens is 347 g/mol. The highest BCUT2D eigenvalue weighted by Gasteiger charge is 2.32. The third-order valence-electron chi connectivity index (χ3n) is 4.21. The summed E-state index contributed by atoms with van der Waals surface area (Å²) in [5.74, 6) is -1.38. The van der Waals surface area contributed by atoms with Crippen molar-refractivity contribution >= 4 is 17.6 Å². The lowest BCUT2D eigenvalue weighted by atomic mass is 10.1. The Morgan fingerprint density at radius 2 is 1.85 bits per heavy atom. The molecule has 2 aromatic carbocycles. The van der Waals surface area contributed by atoms with Gasteiger partial charge in [0.25, 0.3) is 5.91 Å². The lowest BCUT2D eigenvalue weighted by Gasteiger charge is -2.21. The van der Waals surface area contributed by atoms with E-state index in [1.165, 1.54) is 17.9 Å². The van der Waals surface area contributed by atoms with Gasteiger partial charge in [-0.15, -0.1) is 0 Å². The van der Waals surface area contributed by atoms with E-state index < -0.39 is 29.7 Å². The van der Waals surface area contributed by atoms with E-state index in [4.69, 9.17) is 4.74 Å². The van der Waals surface area contributed by atoms with E-state index in [9.17, 15) is 22.8 Å². The van der Waals surface area contributed by atoms with E-state index in [0.717, 1.165) is 23.4 Å². The van der Waals surface area contributed by atoms with Crippen molar-refractivity contribution in [3.05, 3.63) is 65.2 Å². The molecule has 0 spiro atoms. The summed E-state index contributed by atoms with van der Waals surface area (Å²) in [5, 5.41) is 0. The lowest BCUT2D eigenvalue weighted by molar-refractivity contribution is -0.137. The average Bonchev–Trinajstić information content (AvgIpc) is 3.04. The summed E-state index contributed by atoms with van der Waals surface area (Å²) in [7, 11) is 0. The number of para-hydroxylation sites is 1. The molecule has 0 aliphatic carbocycles. The number of rotatable bonds is 3. The first-order chi connectivity index (χ1) is 12.3. The number of halogens is 3. The molecule has 4 nitrogen and oxygen atoms in total. The van der Waals surface area contributed by atoms with Crippen LogP contribution in [0.3, 0.4) is 0 Å². The van der Waals surface area contributed by atoms with Gasteiger partial charge in [0.15, 0.2) is 6.10 Å². The van der Waals surface area contributed by atoms with Gasteiger partial charge in [-0.25, -0.2) is 4.79 Å². The number of alkyl halides is 3. The van der Waals surface area contributed by atoms with Gasteiger partial charge in [-0.2, -0.15) is 13.2 Å². The van der Waals surface area contributed by atoms with Crippen LogP contribution in [-0.2, 0) is 22.1 Å². The van der Waals surface area contributed by atoms with Gasteiger partial charge in [0.05, 0.1) is 11.1 Å². The molecule has 2 aromatic rings. The van der Waals surface area contributed by atoms with Crippen molar-refractivity contribution in [1.82, 2.24) is 0 Å². The number of carbonyl (C=O) groups is 2. The Hall–Kier alpha value is -2.83. The van der Waals surface area contributed by atoms with Crippen molar-refractivity contribution in [2.45, 2.75) is 25.6 Å². The molecule has 0 saturated heterocycles. The van der Waals surface area contributed by atoms with Crippen molar-refractivity contribution in [2.24, 2.45) is 0 Å². The number of nitrogens with zero attached hydrogens (tertiary/aromatic N) is 1. The van der Waals surface area contributed by atoms with E-state index in [2.05, 4.69) is 0 Å². The molecule has 7 heteroatoms. The summed E-state index contributed by atoms with van der Waals surface area (Å²) in [6, 6.07) is 11.3. The normalized spacial score (nSPS) is 14.7. The Morgan fingerprint density at radius 1 is 1.12 bits per heavy atom. The van der Waals surface area contributed by atoms with E-state index in [1.807, 2.05) is 24.3 Å². The van der Waals surface area contributed by atoms with E-state index in [1.54, 1.807) is 0 Å². The second kappa shape index (κ2) is 6.82. The van der Waals surface area contributed by atoms with Crippen LogP contribution in [0.5, 0.6) is 0 Å². The molecule has 3 rings (SSSR count). The smallest absolute Gasteiger partial charge is 0.416 e. The molecule has 1 amide bonds. The fourth-order valence-electron chi connectivity index (χ4n) is 2.89. The van der Waals surface area contributed by atoms with Gasteiger partial charge in [-0.05, 0) is 43.2 Å². The second-order valence-corrected chi connectivity index (χ2v) is 5.99. The largest absolute Gasteiger partial charge is 0.449 e. The Kier molecular flexibility index (Phi) is 4.71. The van der Waals surface area contributed by atoms with Gasteiger partial charge in [-0.3, -0.25) is 4.79 Å². The highest BCUT2D eigenvalue weighted by Crippen LogP contribution is 2.30. The van der Waals surface area contributed by atoms with E-state index in [0.29, 0.717) is 19.0 Å². The maximum absolute atomic E-state index is 12.8. The van der Waals surface area contributed by atoms with Crippen LogP contribution in [0.4, 0.5) is 18.9 Å². The zero-order chi connectivity index (χ0) is 18.9. The first-order valence-electron chi connectivity index (χ1n) is 8.05. The molecule has 1 atom stereocenters. The maximum Gasteiger partial charge on any atom is 0.416 e. The summed E-state index contributed by atoms with van der Waals surface area (Å²) in [5.41, 5.74) is 0.595. The van der Waals surface area contributed by atoms with Crippen LogP contribution in [0.15, 0.2) is 48.5 Å². The zero-order valence-electron chi connectivity index (χ0n) is 13.9. The van der Waals surface area contributed by atoms with E-state index >= 15 is 0 Å². The Bertz CT molecular complexity index is 848. The van der Waals surface area contributed by atoms with Crippen molar-refractivity contribution in [3.63, 3.8) is 0 Å². The van der Waals surface area contributed by atoms with Gasteiger partial charge >= 0.3 is 12.1 Å². The van der Waals surface area contributed by atoms with Crippen molar-refractivity contribution < 1.29 is 27.5 Å². The first-order valence-corrected chi connectivity index (χ1v) is 8.05. The SMILES string of the molecule is C[C@H](OC(=O)c1cccc(C(F)(F)F)c1)C(=O)N1CCc2ccccc21. The Labute approximate surface area is 148 Å². The predicted molar refractivity (Wildman–Crippen MR) is 88.8 cm³/mol. The third-order valence-corrected chi connectivity index (χ3v) is 4.21. The second-order valence-electron chi connectivity index (χ2n) is 5.99. The highest BCUT2D eigenvalue weighted by molar-refractivity contribution is 6.00. The molecule has 0 bridgehead atoms. The minimum atomic E-state index is -4.56. The van der Waals surface area contributed by atoms with Crippen LogP contribution in [0, 0.1) is 0 Å². The fraction of sp³-hybridized carbons (Fsp3) is 0.263. The highest BCUT2D eigenvalue weighted by atomic mass is 19.4. The first kappa shape index (κ1) is 18.0. The summed E-state index contributed by atoms with van der Waals surface area (Å²) in [6.07, 6.45) is -4.96. The van der Waals surface area contributed by atoms with Crippen LogP contribution in [0.1, 0.15) is 28.4 Å². The van der Waals surface area contributed by atoms with Gasteiger partial charge in [0, 0.05) is 12.2 Å². The molecule has 0 N–H and O–H groups in total. The van der Waals surface area contributed by atoms with Gasteiger partial charge < -0.3 is 9.64 Å². The number of hydrogen-bond acceptors (Lipinski definition) is 3. The topological polar surface area (TPSA) is 46.6 Å². The molecular formula is C19H16F3NO3. The molecule has 1 aliphatic heterocycles. The molecule has 0 unspecified atom stereocenters. The standard InChI is InChI=1S/C19H16F3NO3/c1-12(17(24)23-10-9-13-5-2-3-8-16(13)23)26-18(25)14-6-4-7-15(11-14)19(20,21)22/h2-8,11-12H,9-10H2,1H3/t12-/m0/s1. The number of benzene rings is 2. The van der Waals surface area contributed by atoms with E-state index in [-0.39, 0.29) is 5.56 Å². The number of hydrogen-bond donors (Lipinski definition) is 0. The molecule has 0 fully saturated rings. The number of anilines is 1. The molecule has 136 valence electrons. The van der Waals surface area contributed by atoms with Crippen LogP contribution < -0.4 is 4.90 Å². The monoisotopic (exact) mass is 363 g/mol. The van der Waals surface area contributed by atoms with Crippen LogP contribution in [0.25, 0.3) is 0 Å². The molecule has 1 heterocycles. The molecule has 1 aliphatic rings. The average molecular weight is 363 g/mol. The quantitative estimate of drug-likeness (QED) is 0.779. The van der Waals surface area contributed by atoms with Gasteiger partial charge in [0.2, 0.25) is 0 Å². The van der Waals surface area contributed by atoms with Crippen molar-refractivity contribution in [1.29, 1.82) is 0 Å². The maximum atomic E-state index is 12.8. The van der Waals surface area contributed by atoms with Crippen LogP contribution in [0.2, 0.25) is 0 Å². The molecule has 26 heavy (non-hydrogen) atoms. The van der Waals surface area contributed by atoms with Crippen molar-refractivity contribution in [3.8, 4) is 0 Å². The van der Waals surface area contributed by atoms with Crippen LogP contribution >= 0.6 is 0 Å². The fourth-order valence-corrected chi connectivity index (χ4v) is 2.89. The van der Waals surface area contributed by atoms with Gasteiger partial charge in [0.1, 0.15) is 0 Å². The molecule has 0 aromatic heterocycles. The summed E-state index contributed by atoms with van der Waals surface area (Å²) < 4.78 is 43.4. The minimum Gasteiger partial charge on any atom is -0.449 e. The summed E-state index contributed by atoms with van der Waals surface area (Å²) in [6.45, 7) is 1.89. The lowest BCUT2D eigenvalue weighted by Crippen LogP contribution is -2.39. The number of amides is 1. The number of esters is 1. The minimum absolute atomic E-state index is 0.249. The molecule has 0 radical (unpaired) electrons. The van der Waals surface area contributed by atoms with Crippen molar-refractivity contribution in [2.75, 3.05) is 11.4 Å². The predicted octanol–water partition coefficient (Wildman–Crippen LogP) is 3.84.